The number of benzene rings is 1. The average molecular weight is 190 g/mol. The van der Waals surface area contributed by atoms with Gasteiger partial charge in [0, 0.05) is 5.56 Å². The number of rotatable bonds is 4. The molecule has 14 heavy (non-hydrogen) atoms. The van der Waals surface area contributed by atoms with Crippen molar-refractivity contribution >= 4 is 6.29 Å². The van der Waals surface area contributed by atoms with Crippen LogP contribution in [0.2, 0.25) is 0 Å². The lowest BCUT2D eigenvalue weighted by Gasteiger charge is -2.14. The minimum atomic E-state index is 0.474. The van der Waals surface area contributed by atoms with Crippen LogP contribution in [0.1, 0.15) is 54.6 Å². The molecule has 0 saturated carbocycles. The third kappa shape index (κ3) is 2.03. The summed E-state index contributed by atoms with van der Waals surface area (Å²) in [4.78, 5) is 11.0. The van der Waals surface area contributed by atoms with E-state index in [1.54, 1.807) is 0 Å². The third-order valence-corrected chi connectivity index (χ3v) is 2.87. The maximum atomic E-state index is 11.0. The predicted octanol–water partition coefficient (Wildman–Crippen LogP) is 3.58. The van der Waals surface area contributed by atoms with E-state index in [2.05, 4.69) is 26.8 Å². The second-order valence-corrected chi connectivity index (χ2v) is 3.70. The second kappa shape index (κ2) is 4.94. The van der Waals surface area contributed by atoms with Crippen LogP contribution in [-0.4, -0.2) is 6.29 Å². The van der Waals surface area contributed by atoms with E-state index < -0.39 is 0 Å². The van der Waals surface area contributed by atoms with E-state index in [0.717, 1.165) is 30.3 Å². The van der Waals surface area contributed by atoms with Crippen LogP contribution >= 0.6 is 0 Å². The van der Waals surface area contributed by atoms with Gasteiger partial charge in [0.25, 0.3) is 0 Å². The summed E-state index contributed by atoms with van der Waals surface area (Å²) >= 11 is 0. The highest BCUT2D eigenvalue weighted by atomic mass is 16.1. The Labute approximate surface area is 86.1 Å². The number of aryl methyl sites for hydroxylation is 1. The van der Waals surface area contributed by atoms with Crippen molar-refractivity contribution < 1.29 is 4.79 Å². The molecule has 0 aliphatic rings. The molecule has 0 N–H and O–H groups in total. The van der Waals surface area contributed by atoms with Crippen LogP contribution in [0.5, 0.6) is 0 Å². The van der Waals surface area contributed by atoms with Gasteiger partial charge in [0.15, 0.2) is 6.29 Å². The van der Waals surface area contributed by atoms with Crippen molar-refractivity contribution in [2.75, 3.05) is 0 Å². The van der Waals surface area contributed by atoms with Crippen LogP contribution in [0.25, 0.3) is 0 Å². The molecule has 1 atom stereocenters. The summed E-state index contributed by atoms with van der Waals surface area (Å²) < 4.78 is 0. The van der Waals surface area contributed by atoms with Crippen LogP contribution < -0.4 is 0 Å². The Hall–Kier alpha value is -1.11. The third-order valence-electron chi connectivity index (χ3n) is 2.87. The number of aldehydes is 1. The van der Waals surface area contributed by atoms with E-state index in [-0.39, 0.29) is 0 Å². The summed E-state index contributed by atoms with van der Waals surface area (Å²) in [5, 5.41) is 0. The van der Waals surface area contributed by atoms with Crippen molar-refractivity contribution in [2.45, 2.75) is 39.5 Å². The summed E-state index contributed by atoms with van der Waals surface area (Å²) in [6.45, 7) is 6.41. The molecule has 1 nitrogen and oxygen atoms in total. The fourth-order valence-corrected chi connectivity index (χ4v) is 1.73. The first kappa shape index (κ1) is 11.0. The van der Waals surface area contributed by atoms with Gasteiger partial charge in [-0.1, -0.05) is 39.0 Å². The summed E-state index contributed by atoms with van der Waals surface area (Å²) in [7, 11) is 0. The summed E-state index contributed by atoms with van der Waals surface area (Å²) in [6.07, 6.45) is 3.01. The molecule has 0 aliphatic carbocycles. The lowest BCUT2D eigenvalue weighted by molar-refractivity contribution is 0.112. The summed E-state index contributed by atoms with van der Waals surface area (Å²) in [5.74, 6) is 0.474. The standard InChI is InChI=1S/C13H18O/c1-4-10(3)12-8-6-7-11(5-2)13(12)9-14/h6-10H,4-5H2,1-3H3/t10-/m1/s1. The molecular formula is C13H18O. The molecule has 1 rings (SSSR count). The van der Waals surface area contributed by atoms with Crippen LogP contribution in [-0.2, 0) is 6.42 Å². The van der Waals surface area contributed by atoms with E-state index in [0.29, 0.717) is 5.92 Å². The zero-order valence-electron chi connectivity index (χ0n) is 9.21. The molecule has 0 aromatic heterocycles. The zero-order valence-corrected chi connectivity index (χ0v) is 9.21. The van der Waals surface area contributed by atoms with Crippen molar-refractivity contribution in [1.82, 2.24) is 0 Å². The molecule has 0 spiro atoms. The van der Waals surface area contributed by atoms with Gasteiger partial charge in [-0.05, 0) is 29.9 Å². The van der Waals surface area contributed by atoms with Crippen molar-refractivity contribution in [1.29, 1.82) is 0 Å². The minimum Gasteiger partial charge on any atom is -0.298 e. The number of carbonyl (C=O) groups is 1. The molecule has 0 unspecified atom stereocenters. The fraction of sp³-hybridized carbons (Fsp3) is 0.462. The fourth-order valence-electron chi connectivity index (χ4n) is 1.73. The Kier molecular flexibility index (Phi) is 3.87. The van der Waals surface area contributed by atoms with Crippen molar-refractivity contribution in [3.05, 3.63) is 34.9 Å². The second-order valence-electron chi connectivity index (χ2n) is 3.70. The van der Waals surface area contributed by atoms with Crippen LogP contribution in [0.3, 0.4) is 0 Å². The van der Waals surface area contributed by atoms with Crippen LogP contribution in [0, 0.1) is 0 Å². The maximum Gasteiger partial charge on any atom is 0.150 e. The number of hydrogen-bond acceptors (Lipinski definition) is 1. The highest BCUT2D eigenvalue weighted by Gasteiger charge is 2.10. The topological polar surface area (TPSA) is 17.1 Å². The molecule has 0 radical (unpaired) electrons. The highest BCUT2D eigenvalue weighted by Crippen LogP contribution is 2.24. The molecule has 76 valence electrons. The van der Waals surface area contributed by atoms with Gasteiger partial charge in [-0.15, -0.1) is 0 Å². The lowest BCUT2D eigenvalue weighted by Crippen LogP contribution is -2.01. The number of hydrogen-bond donors (Lipinski definition) is 0. The zero-order chi connectivity index (χ0) is 10.6. The van der Waals surface area contributed by atoms with Gasteiger partial charge in [0.2, 0.25) is 0 Å². The monoisotopic (exact) mass is 190 g/mol. The molecule has 1 aromatic rings. The molecule has 0 aliphatic heterocycles. The molecular weight excluding hydrogens is 172 g/mol. The van der Waals surface area contributed by atoms with E-state index in [9.17, 15) is 4.79 Å². The van der Waals surface area contributed by atoms with Crippen LogP contribution in [0.4, 0.5) is 0 Å². The number of carbonyl (C=O) groups excluding carboxylic acids is 1. The largest absolute Gasteiger partial charge is 0.298 e. The Bertz CT molecular complexity index is 315. The van der Waals surface area contributed by atoms with Gasteiger partial charge in [0.05, 0.1) is 0 Å². The lowest BCUT2D eigenvalue weighted by atomic mass is 9.90. The van der Waals surface area contributed by atoms with E-state index in [1.165, 1.54) is 5.56 Å². The minimum absolute atomic E-state index is 0.474. The molecule has 1 heteroatoms. The predicted molar refractivity (Wildman–Crippen MR) is 59.9 cm³/mol. The molecule has 0 saturated heterocycles. The first-order valence-electron chi connectivity index (χ1n) is 5.31. The SMILES string of the molecule is CCc1cccc([C@H](C)CC)c1C=O. The van der Waals surface area contributed by atoms with Gasteiger partial charge in [-0.2, -0.15) is 0 Å². The Morgan fingerprint density at radius 1 is 1.36 bits per heavy atom. The van der Waals surface area contributed by atoms with Gasteiger partial charge in [-0.3, -0.25) is 4.79 Å². The smallest absolute Gasteiger partial charge is 0.150 e. The van der Waals surface area contributed by atoms with E-state index in [1.807, 2.05) is 12.1 Å². The van der Waals surface area contributed by atoms with Crippen molar-refractivity contribution in [3.63, 3.8) is 0 Å². The Balaban J connectivity index is 3.21. The van der Waals surface area contributed by atoms with Gasteiger partial charge in [-0.25, -0.2) is 0 Å². The maximum absolute atomic E-state index is 11.0. The molecule has 0 bridgehead atoms. The van der Waals surface area contributed by atoms with Gasteiger partial charge < -0.3 is 0 Å². The van der Waals surface area contributed by atoms with E-state index in [4.69, 9.17) is 0 Å². The highest BCUT2D eigenvalue weighted by molar-refractivity contribution is 5.80. The molecule has 0 amide bonds. The molecule has 0 fully saturated rings. The molecule has 1 aromatic carbocycles. The van der Waals surface area contributed by atoms with Gasteiger partial charge >= 0.3 is 0 Å². The summed E-state index contributed by atoms with van der Waals surface area (Å²) in [6, 6.07) is 6.15. The quantitative estimate of drug-likeness (QED) is 0.663. The first-order valence-corrected chi connectivity index (χ1v) is 5.31. The Morgan fingerprint density at radius 3 is 2.57 bits per heavy atom. The molecule has 0 heterocycles. The van der Waals surface area contributed by atoms with E-state index >= 15 is 0 Å². The van der Waals surface area contributed by atoms with Crippen molar-refractivity contribution in [3.8, 4) is 0 Å². The average Bonchev–Trinajstić information content (AvgIpc) is 2.26. The first-order chi connectivity index (χ1) is 6.74. The Morgan fingerprint density at radius 2 is 2.07 bits per heavy atom. The van der Waals surface area contributed by atoms with Crippen LogP contribution in [0.15, 0.2) is 18.2 Å². The van der Waals surface area contributed by atoms with Gasteiger partial charge in [0.1, 0.15) is 0 Å². The van der Waals surface area contributed by atoms with Crippen molar-refractivity contribution in [2.24, 2.45) is 0 Å². The normalized spacial score (nSPS) is 12.5. The summed E-state index contributed by atoms with van der Waals surface area (Å²) in [5.41, 5.74) is 3.27.